The SMILES string of the molecule is CCOC(=O)c1nc(C2CCC3CCCCC3C2)n(C)n1. The molecule has 1 aromatic rings. The summed E-state index contributed by atoms with van der Waals surface area (Å²) in [6.07, 6.45) is 9.24. The van der Waals surface area contributed by atoms with E-state index < -0.39 is 5.97 Å². The zero-order valence-electron chi connectivity index (χ0n) is 13.0. The summed E-state index contributed by atoms with van der Waals surface area (Å²) >= 11 is 0. The Morgan fingerprint density at radius 2 is 2.00 bits per heavy atom. The zero-order chi connectivity index (χ0) is 14.8. The van der Waals surface area contributed by atoms with Crippen LogP contribution in [0.4, 0.5) is 0 Å². The molecule has 3 rings (SSSR count). The van der Waals surface area contributed by atoms with Crippen LogP contribution in [0.1, 0.15) is 74.2 Å². The molecule has 0 aliphatic heterocycles. The van der Waals surface area contributed by atoms with Gasteiger partial charge in [0, 0.05) is 13.0 Å². The number of hydrogen-bond donors (Lipinski definition) is 0. The van der Waals surface area contributed by atoms with Crippen LogP contribution >= 0.6 is 0 Å². The molecule has 1 aromatic heterocycles. The molecular weight excluding hydrogens is 266 g/mol. The van der Waals surface area contributed by atoms with Crippen LogP contribution in [-0.2, 0) is 11.8 Å². The van der Waals surface area contributed by atoms with Crippen LogP contribution in [0.3, 0.4) is 0 Å². The number of carbonyl (C=O) groups is 1. The van der Waals surface area contributed by atoms with E-state index in [9.17, 15) is 4.79 Å². The highest BCUT2D eigenvalue weighted by molar-refractivity contribution is 5.85. The Labute approximate surface area is 126 Å². The lowest BCUT2D eigenvalue weighted by atomic mass is 9.67. The molecule has 1 heterocycles. The number of aryl methyl sites for hydroxylation is 1. The molecule has 0 spiro atoms. The molecule has 5 nitrogen and oxygen atoms in total. The molecule has 2 aliphatic carbocycles. The summed E-state index contributed by atoms with van der Waals surface area (Å²) in [5.74, 6) is 2.98. The van der Waals surface area contributed by atoms with Crippen LogP contribution in [0.5, 0.6) is 0 Å². The number of esters is 1. The van der Waals surface area contributed by atoms with E-state index in [1.165, 1.54) is 44.9 Å². The van der Waals surface area contributed by atoms with Crippen molar-refractivity contribution < 1.29 is 9.53 Å². The Kier molecular flexibility index (Phi) is 4.27. The normalized spacial score (nSPS) is 29.0. The highest BCUT2D eigenvalue weighted by Crippen LogP contribution is 2.45. The first kappa shape index (κ1) is 14.5. The molecular formula is C16H25N3O2. The second kappa shape index (κ2) is 6.16. The van der Waals surface area contributed by atoms with Crippen molar-refractivity contribution in [3.05, 3.63) is 11.6 Å². The maximum absolute atomic E-state index is 11.8. The molecule has 2 aliphatic rings. The fourth-order valence-corrected chi connectivity index (χ4v) is 4.14. The number of fused-ring (bicyclic) bond motifs is 1. The van der Waals surface area contributed by atoms with Gasteiger partial charge in [-0.15, -0.1) is 5.10 Å². The summed E-state index contributed by atoms with van der Waals surface area (Å²) in [5, 5.41) is 4.24. The van der Waals surface area contributed by atoms with E-state index in [4.69, 9.17) is 4.74 Å². The average molecular weight is 291 g/mol. The number of rotatable bonds is 3. The van der Waals surface area contributed by atoms with Gasteiger partial charge in [-0.3, -0.25) is 4.68 Å². The van der Waals surface area contributed by atoms with E-state index >= 15 is 0 Å². The summed E-state index contributed by atoms with van der Waals surface area (Å²) < 4.78 is 6.77. The topological polar surface area (TPSA) is 57.0 Å². The number of ether oxygens (including phenoxy) is 1. The van der Waals surface area contributed by atoms with Gasteiger partial charge in [-0.05, 0) is 38.0 Å². The van der Waals surface area contributed by atoms with Gasteiger partial charge in [0.1, 0.15) is 5.82 Å². The Balaban J connectivity index is 1.73. The van der Waals surface area contributed by atoms with Gasteiger partial charge in [0.2, 0.25) is 0 Å². The van der Waals surface area contributed by atoms with Gasteiger partial charge in [0.05, 0.1) is 6.61 Å². The molecule has 0 amide bonds. The van der Waals surface area contributed by atoms with Gasteiger partial charge in [-0.25, -0.2) is 9.78 Å². The molecule has 0 radical (unpaired) electrons. The third-order valence-corrected chi connectivity index (χ3v) is 5.16. The predicted octanol–water partition coefficient (Wildman–Crippen LogP) is 3.07. The molecule has 21 heavy (non-hydrogen) atoms. The third-order valence-electron chi connectivity index (χ3n) is 5.16. The molecule has 116 valence electrons. The number of nitrogens with zero attached hydrogens (tertiary/aromatic N) is 3. The lowest BCUT2D eigenvalue weighted by molar-refractivity contribution is 0.0511. The van der Waals surface area contributed by atoms with Crippen molar-refractivity contribution in [1.82, 2.24) is 14.8 Å². The van der Waals surface area contributed by atoms with E-state index in [0.29, 0.717) is 12.5 Å². The summed E-state index contributed by atoms with van der Waals surface area (Å²) in [6, 6.07) is 0. The van der Waals surface area contributed by atoms with Gasteiger partial charge in [0.15, 0.2) is 0 Å². The minimum Gasteiger partial charge on any atom is -0.460 e. The van der Waals surface area contributed by atoms with E-state index in [0.717, 1.165) is 17.7 Å². The Morgan fingerprint density at radius 3 is 2.76 bits per heavy atom. The standard InChI is InChI=1S/C16H25N3O2/c1-3-21-16(20)14-17-15(19(2)18-14)13-9-8-11-6-4-5-7-12(11)10-13/h11-13H,3-10H2,1-2H3. The van der Waals surface area contributed by atoms with Crippen LogP contribution in [0.25, 0.3) is 0 Å². The van der Waals surface area contributed by atoms with Gasteiger partial charge in [0.25, 0.3) is 5.82 Å². The first-order valence-electron chi connectivity index (χ1n) is 8.27. The summed E-state index contributed by atoms with van der Waals surface area (Å²) in [5.41, 5.74) is 0. The summed E-state index contributed by atoms with van der Waals surface area (Å²) in [4.78, 5) is 16.2. The zero-order valence-corrected chi connectivity index (χ0v) is 13.0. The predicted molar refractivity (Wildman–Crippen MR) is 79.0 cm³/mol. The lowest BCUT2D eigenvalue weighted by Crippen LogP contribution is -2.28. The highest BCUT2D eigenvalue weighted by atomic mass is 16.5. The minimum absolute atomic E-state index is 0.208. The van der Waals surface area contributed by atoms with E-state index in [2.05, 4.69) is 10.1 Å². The van der Waals surface area contributed by atoms with Crippen LogP contribution in [-0.4, -0.2) is 27.3 Å². The van der Waals surface area contributed by atoms with Crippen molar-refractivity contribution in [3.8, 4) is 0 Å². The van der Waals surface area contributed by atoms with Crippen molar-refractivity contribution in [2.24, 2.45) is 18.9 Å². The van der Waals surface area contributed by atoms with Crippen LogP contribution < -0.4 is 0 Å². The maximum atomic E-state index is 11.8. The van der Waals surface area contributed by atoms with Crippen LogP contribution in [0, 0.1) is 11.8 Å². The molecule has 3 atom stereocenters. The molecule has 0 aromatic carbocycles. The van der Waals surface area contributed by atoms with Gasteiger partial charge >= 0.3 is 5.97 Å². The fourth-order valence-electron chi connectivity index (χ4n) is 4.14. The van der Waals surface area contributed by atoms with Gasteiger partial charge < -0.3 is 4.74 Å². The lowest BCUT2D eigenvalue weighted by Gasteiger charge is -2.38. The fraction of sp³-hybridized carbons (Fsp3) is 0.812. The molecule has 5 heteroatoms. The van der Waals surface area contributed by atoms with E-state index in [-0.39, 0.29) is 5.82 Å². The molecule has 3 unspecified atom stereocenters. The monoisotopic (exact) mass is 291 g/mol. The third kappa shape index (κ3) is 2.97. The minimum atomic E-state index is -0.411. The van der Waals surface area contributed by atoms with Gasteiger partial charge in [-0.2, -0.15) is 0 Å². The molecule has 0 bridgehead atoms. The number of carbonyl (C=O) groups excluding carboxylic acids is 1. The number of aromatic nitrogens is 3. The summed E-state index contributed by atoms with van der Waals surface area (Å²) in [7, 11) is 1.89. The smallest absolute Gasteiger partial charge is 0.378 e. The van der Waals surface area contributed by atoms with Crippen LogP contribution in [0.2, 0.25) is 0 Å². The summed E-state index contributed by atoms with van der Waals surface area (Å²) in [6.45, 7) is 2.16. The first-order valence-corrected chi connectivity index (χ1v) is 8.27. The Morgan fingerprint density at radius 1 is 1.24 bits per heavy atom. The molecule has 2 fully saturated rings. The highest BCUT2D eigenvalue weighted by Gasteiger charge is 2.35. The van der Waals surface area contributed by atoms with Crippen molar-refractivity contribution in [1.29, 1.82) is 0 Å². The van der Waals surface area contributed by atoms with Gasteiger partial charge in [-0.1, -0.05) is 25.7 Å². The van der Waals surface area contributed by atoms with Crippen molar-refractivity contribution in [3.63, 3.8) is 0 Å². The molecule has 0 saturated heterocycles. The average Bonchev–Trinajstić information content (AvgIpc) is 2.89. The van der Waals surface area contributed by atoms with Crippen molar-refractivity contribution in [2.75, 3.05) is 6.61 Å². The second-order valence-electron chi connectivity index (χ2n) is 6.45. The second-order valence-corrected chi connectivity index (χ2v) is 6.45. The van der Waals surface area contributed by atoms with Crippen molar-refractivity contribution in [2.45, 2.75) is 57.8 Å². The Bertz CT molecular complexity index is 512. The van der Waals surface area contributed by atoms with Crippen molar-refractivity contribution >= 4 is 5.97 Å². The van der Waals surface area contributed by atoms with E-state index in [1.54, 1.807) is 11.6 Å². The Hall–Kier alpha value is -1.39. The maximum Gasteiger partial charge on any atom is 0.378 e. The van der Waals surface area contributed by atoms with Crippen LogP contribution in [0.15, 0.2) is 0 Å². The largest absolute Gasteiger partial charge is 0.460 e. The van der Waals surface area contributed by atoms with E-state index in [1.807, 2.05) is 7.05 Å². The quantitative estimate of drug-likeness (QED) is 0.803. The molecule has 0 N–H and O–H groups in total. The molecule has 2 saturated carbocycles. The number of hydrogen-bond acceptors (Lipinski definition) is 4. The first-order chi connectivity index (χ1) is 10.2.